The standard InChI is InChI=1S/C13H14BrNO4/c1-19-10-4-3-8(7-9(10)14)15-11(16)13(12(17)18)5-2-6-13/h3-4,7H,2,5-6H2,1H3,(H,15,16)(H,17,18). The number of hydrogen-bond donors (Lipinski definition) is 2. The van der Waals surface area contributed by atoms with Crippen molar-refractivity contribution in [1.82, 2.24) is 0 Å². The SMILES string of the molecule is COc1ccc(NC(=O)C2(C(=O)O)CCC2)cc1Br. The van der Waals surface area contributed by atoms with Crippen LogP contribution in [0.2, 0.25) is 0 Å². The van der Waals surface area contributed by atoms with E-state index in [1.165, 1.54) is 0 Å². The summed E-state index contributed by atoms with van der Waals surface area (Å²) >= 11 is 3.32. The molecule has 19 heavy (non-hydrogen) atoms. The van der Waals surface area contributed by atoms with Gasteiger partial charge in [-0.3, -0.25) is 9.59 Å². The topological polar surface area (TPSA) is 75.6 Å². The van der Waals surface area contributed by atoms with E-state index in [1.807, 2.05) is 0 Å². The van der Waals surface area contributed by atoms with Gasteiger partial charge in [0.05, 0.1) is 11.6 Å². The summed E-state index contributed by atoms with van der Waals surface area (Å²) in [5, 5.41) is 11.8. The van der Waals surface area contributed by atoms with E-state index in [4.69, 9.17) is 4.74 Å². The first-order valence-electron chi connectivity index (χ1n) is 5.88. The van der Waals surface area contributed by atoms with E-state index in [-0.39, 0.29) is 0 Å². The predicted molar refractivity (Wildman–Crippen MR) is 73.2 cm³/mol. The molecule has 1 aliphatic rings. The van der Waals surface area contributed by atoms with Crippen molar-refractivity contribution in [3.8, 4) is 5.75 Å². The Hall–Kier alpha value is -1.56. The second-order valence-electron chi connectivity index (χ2n) is 4.54. The van der Waals surface area contributed by atoms with Gasteiger partial charge in [0, 0.05) is 5.69 Å². The molecule has 1 saturated carbocycles. The maximum absolute atomic E-state index is 12.1. The zero-order valence-electron chi connectivity index (χ0n) is 10.4. The molecule has 0 bridgehead atoms. The van der Waals surface area contributed by atoms with Gasteiger partial charge in [-0.1, -0.05) is 6.42 Å². The number of ether oxygens (including phenoxy) is 1. The molecule has 0 aliphatic heterocycles. The van der Waals surface area contributed by atoms with Crippen molar-refractivity contribution in [3.05, 3.63) is 22.7 Å². The third-order valence-electron chi connectivity index (χ3n) is 3.46. The number of carboxylic acid groups (broad SMARTS) is 1. The van der Waals surface area contributed by atoms with Gasteiger partial charge in [-0.15, -0.1) is 0 Å². The van der Waals surface area contributed by atoms with Gasteiger partial charge in [0.25, 0.3) is 0 Å². The van der Waals surface area contributed by atoms with Crippen LogP contribution in [-0.4, -0.2) is 24.1 Å². The number of anilines is 1. The summed E-state index contributed by atoms with van der Waals surface area (Å²) in [6.45, 7) is 0. The molecule has 5 nitrogen and oxygen atoms in total. The van der Waals surface area contributed by atoms with Crippen molar-refractivity contribution in [2.45, 2.75) is 19.3 Å². The molecule has 2 N–H and O–H groups in total. The number of carbonyl (C=O) groups excluding carboxylic acids is 1. The molecule has 1 amide bonds. The van der Waals surface area contributed by atoms with Crippen LogP contribution in [-0.2, 0) is 9.59 Å². The van der Waals surface area contributed by atoms with Crippen molar-refractivity contribution in [3.63, 3.8) is 0 Å². The second kappa shape index (κ2) is 5.21. The summed E-state index contributed by atoms with van der Waals surface area (Å²) in [5.74, 6) is -0.860. The van der Waals surface area contributed by atoms with E-state index in [1.54, 1.807) is 25.3 Å². The molecule has 0 unspecified atom stereocenters. The molecule has 0 aromatic heterocycles. The highest BCUT2D eigenvalue weighted by Crippen LogP contribution is 2.42. The Morgan fingerprint density at radius 1 is 1.42 bits per heavy atom. The molecule has 0 atom stereocenters. The Kier molecular flexibility index (Phi) is 3.80. The zero-order chi connectivity index (χ0) is 14.0. The molecule has 6 heteroatoms. The molecule has 0 saturated heterocycles. The molecule has 1 fully saturated rings. The van der Waals surface area contributed by atoms with E-state index < -0.39 is 17.3 Å². The smallest absolute Gasteiger partial charge is 0.319 e. The Balaban J connectivity index is 2.15. The maximum Gasteiger partial charge on any atom is 0.319 e. The van der Waals surface area contributed by atoms with Crippen molar-refractivity contribution in [1.29, 1.82) is 0 Å². The lowest BCUT2D eigenvalue weighted by molar-refractivity contribution is -0.159. The highest BCUT2D eigenvalue weighted by molar-refractivity contribution is 9.10. The van der Waals surface area contributed by atoms with Crippen molar-refractivity contribution >= 4 is 33.5 Å². The minimum absolute atomic E-state index is 0.394. The Labute approximate surface area is 119 Å². The van der Waals surface area contributed by atoms with Gasteiger partial charge in [-0.2, -0.15) is 0 Å². The van der Waals surface area contributed by atoms with Crippen molar-refractivity contribution in [2.24, 2.45) is 5.41 Å². The number of rotatable bonds is 4. The van der Waals surface area contributed by atoms with Crippen LogP contribution in [0.5, 0.6) is 5.75 Å². The second-order valence-corrected chi connectivity index (χ2v) is 5.40. The van der Waals surface area contributed by atoms with Crippen LogP contribution in [0.4, 0.5) is 5.69 Å². The summed E-state index contributed by atoms with van der Waals surface area (Å²) < 4.78 is 5.79. The number of amides is 1. The van der Waals surface area contributed by atoms with E-state index >= 15 is 0 Å². The monoisotopic (exact) mass is 327 g/mol. The minimum Gasteiger partial charge on any atom is -0.496 e. The first-order valence-corrected chi connectivity index (χ1v) is 6.67. The Morgan fingerprint density at radius 2 is 2.11 bits per heavy atom. The number of halogens is 1. The molecule has 1 aliphatic carbocycles. The largest absolute Gasteiger partial charge is 0.496 e. The van der Waals surface area contributed by atoms with Gasteiger partial charge in [0.2, 0.25) is 5.91 Å². The molecule has 0 spiro atoms. The summed E-state index contributed by atoms with van der Waals surface area (Å²) in [6, 6.07) is 5.06. The van der Waals surface area contributed by atoms with Crippen LogP contribution in [0.25, 0.3) is 0 Å². The summed E-state index contributed by atoms with van der Waals surface area (Å²) in [6.07, 6.45) is 1.56. The highest BCUT2D eigenvalue weighted by Gasteiger charge is 2.51. The molecule has 2 rings (SSSR count). The number of hydrogen-bond acceptors (Lipinski definition) is 3. The van der Waals surface area contributed by atoms with Crippen LogP contribution < -0.4 is 10.1 Å². The maximum atomic E-state index is 12.1. The van der Waals surface area contributed by atoms with E-state index in [9.17, 15) is 14.7 Å². The van der Waals surface area contributed by atoms with E-state index in [0.717, 1.165) is 6.42 Å². The number of nitrogens with one attached hydrogen (secondary N) is 1. The average Bonchev–Trinajstić information content (AvgIpc) is 2.26. The first kappa shape index (κ1) is 13.9. The molecular weight excluding hydrogens is 314 g/mol. The quantitative estimate of drug-likeness (QED) is 0.833. The lowest BCUT2D eigenvalue weighted by atomic mass is 9.68. The van der Waals surface area contributed by atoms with Crippen LogP contribution in [0, 0.1) is 5.41 Å². The van der Waals surface area contributed by atoms with Crippen molar-refractivity contribution < 1.29 is 19.4 Å². The molecule has 0 radical (unpaired) electrons. The molecule has 1 aromatic rings. The number of benzene rings is 1. The lowest BCUT2D eigenvalue weighted by Gasteiger charge is -2.35. The van der Waals surface area contributed by atoms with Crippen molar-refractivity contribution in [2.75, 3.05) is 12.4 Å². The fourth-order valence-corrected chi connectivity index (χ4v) is 2.60. The van der Waals surface area contributed by atoms with Gasteiger partial charge in [-0.25, -0.2) is 0 Å². The lowest BCUT2D eigenvalue weighted by Crippen LogP contribution is -2.48. The molecule has 102 valence electrons. The summed E-state index contributed by atoms with van der Waals surface area (Å²) in [5.41, 5.74) is -0.711. The van der Waals surface area contributed by atoms with Gasteiger partial charge in [0.15, 0.2) is 0 Å². The van der Waals surface area contributed by atoms with E-state index in [2.05, 4.69) is 21.2 Å². The molecular formula is C13H14BrNO4. The van der Waals surface area contributed by atoms with Gasteiger partial charge < -0.3 is 15.2 Å². The number of aliphatic carboxylic acids is 1. The Morgan fingerprint density at radius 3 is 2.53 bits per heavy atom. The van der Waals surface area contributed by atoms with E-state index in [0.29, 0.717) is 28.8 Å². The van der Waals surface area contributed by atoms with Gasteiger partial charge >= 0.3 is 5.97 Å². The fraction of sp³-hybridized carbons (Fsp3) is 0.385. The molecule has 1 aromatic carbocycles. The third kappa shape index (κ3) is 2.45. The average molecular weight is 328 g/mol. The minimum atomic E-state index is -1.26. The highest BCUT2D eigenvalue weighted by atomic mass is 79.9. The van der Waals surface area contributed by atoms with Gasteiger partial charge in [0.1, 0.15) is 11.2 Å². The van der Waals surface area contributed by atoms with Gasteiger partial charge in [-0.05, 0) is 47.0 Å². The normalized spacial score (nSPS) is 16.3. The number of carbonyl (C=O) groups is 2. The van der Waals surface area contributed by atoms with Crippen LogP contribution in [0.1, 0.15) is 19.3 Å². The number of methoxy groups -OCH3 is 1. The fourth-order valence-electron chi connectivity index (χ4n) is 2.06. The number of carboxylic acids is 1. The third-order valence-corrected chi connectivity index (χ3v) is 4.08. The molecule has 0 heterocycles. The van der Waals surface area contributed by atoms with Crippen LogP contribution >= 0.6 is 15.9 Å². The van der Waals surface area contributed by atoms with Crippen LogP contribution in [0.15, 0.2) is 22.7 Å². The van der Waals surface area contributed by atoms with Crippen LogP contribution in [0.3, 0.4) is 0 Å². The summed E-state index contributed by atoms with van der Waals surface area (Å²) in [7, 11) is 1.55. The predicted octanol–water partition coefficient (Wildman–Crippen LogP) is 2.65. The summed E-state index contributed by atoms with van der Waals surface area (Å²) in [4.78, 5) is 23.3. The Bertz CT molecular complexity index is 525. The first-order chi connectivity index (χ1) is 8.99. The zero-order valence-corrected chi connectivity index (χ0v) is 12.0.